The molecule has 0 spiro atoms. The van der Waals surface area contributed by atoms with E-state index in [1.165, 1.54) is 11.8 Å². The lowest BCUT2D eigenvalue weighted by atomic mass is 10.2. The molecule has 1 fully saturated rings. The fourth-order valence-corrected chi connectivity index (χ4v) is 1.52. The average Bonchev–Trinajstić information content (AvgIpc) is 2.85. The molecule has 6 heteroatoms. The van der Waals surface area contributed by atoms with Gasteiger partial charge in [0.2, 0.25) is 0 Å². The molecule has 6 nitrogen and oxygen atoms in total. The third kappa shape index (κ3) is 3.89. The highest BCUT2D eigenvalue weighted by Gasteiger charge is 2.52. The first-order valence-electron chi connectivity index (χ1n) is 5.52. The zero-order valence-corrected chi connectivity index (χ0v) is 10.6. The molecule has 1 aliphatic rings. The molecule has 1 heterocycles. The highest BCUT2D eigenvalue weighted by Crippen LogP contribution is 2.30. The summed E-state index contributed by atoms with van der Waals surface area (Å²) < 4.78 is 9.98. The van der Waals surface area contributed by atoms with E-state index in [0.717, 1.165) is 0 Å². The van der Waals surface area contributed by atoms with Gasteiger partial charge in [-0.05, 0) is 20.8 Å². The Morgan fingerprint density at radius 2 is 1.88 bits per heavy atom. The average molecular weight is 245 g/mol. The predicted octanol–water partition coefficient (Wildman–Crippen LogP) is 0.530. The second-order valence-corrected chi connectivity index (χ2v) is 5.01. The molecule has 0 aromatic heterocycles. The monoisotopic (exact) mass is 245 g/mol. The molecule has 98 valence electrons. The molecular weight excluding hydrogens is 226 g/mol. The van der Waals surface area contributed by atoms with Crippen LogP contribution >= 0.6 is 0 Å². The van der Waals surface area contributed by atoms with E-state index >= 15 is 0 Å². The maximum atomic E-state index is 11.7. The van der Waals surface area contributed by atoms with Crippen LogP contribution in [0.25, 0.3) is 0 Å². The van der Waals surface area contributed by atoms with E-state index < -0.39 is 17.7 Å². The minimum Gasteiger partial charge on any atom is -0.464 e. The Balaban J connectivity index is 2.48. The molecule has 0 bridgehead atoms. The highest BCUT2D eigenvalue weighted by molar-refractivity contribution is 5.73. The van der Waals surface area contributed by atoms with Gasteiger partial charge in [0.25, 0.3) is 0 Å². The molecule has 1 aliphatic heterocycles. The summed E-state index contributed by atoms with van der Waals surface area (Å²) in [6, 6.07) is -0.594. The van der Waals surface area contributed by atoms with Crippen LogP contribution in [0.2, 0.25) is 0 Å². The summed E-state index contributed by atoms with van der Waals surface area (Å²) in [5, 5.41) is 9.07. The Labute approximate surface area is 100 Å². The second kappa shape index (κ2) is 4.91. The first kappa shape index (κ1) is 13.8. The summed E-state index contributed by atoms with van der Waals surface area (Å²) in [4.78, 5) is 23.7. The maximum absolute atomic E-state index is 11.7. The third-order valence-corrected chi connectivity index (χ3v) is 2.32. The quantitative estimate of drug-likeness (QED) is 0.580. The van der Waals surface area contributed by atoms with E-state index in [9.17, 15) is 9.59 Å². The van der Waals surface area contributed by atoms with Crippen LogP contribution < -0.4 is 0 Å². The number of ether oxygens (including phenoxy) is 2. The lowest BCUT2D eigenvalue weighted by molar-refractivity contribution is -0.141. The zero-order valence-electron chi connectivity index (χ0n) is 10.6. The van der Waals surface area contributed by atoms with Crippen LogP contribution in [0.15, 0.2) is 0 Å². The number of hydrogen-bond donors (Lipinski definition) is 1. The van der Waals surface area contributed by atoms with Gasteiger partial charge in [0.05, 0.1) is 18.7 Å². The molecule has 2 atom stereocenters. The molecule has 0 aliphatic carbocycles. The van der Waals surface area contributed by atoms with Gasteiger partial charge in [0.1, 0.15) is 12.2 Å². The Morgan fingerprint density at radius 1 is 1.29 bits per heavy atom. The van der Waals surface area contributed by atoms with Crippen LogP contribution in [0.5, 0.6) is 0 Å². The fraction of sp³-hybridized carbons (Fsp3) is 0.818. The van der Waals surface area contributed by atoms with Crippen molar-refractivity contribution in [3.8, 4) is 0 Å². The van der Waals surface area contributed by atoms with E-state index in [-0.39, 0.29) is 25.3 Å². The predicted molar refractivity (Wildman–Crippen MR) is 59.4 cm³/mol. The molecule has 0 radical (unpaired) electrons. The number of nitrogens with zero attached hydrogens (tertiary/aromatic N) is 1. The van der Waals surface area contributed by atoms with Crippen molar-refractivity contribution in [2.45, 2.75) is 45.4 Å². The van der Waals surface area contributed by atoms with Crippen molar-refractivity contribution < 1.29 is 24.2 Å². The molecule has 17 heavy (non-hydrogen) atoms. The second-order valence-electron chi connectivity index (χ2n) is 5.01. The summed E-state index contributed by atoms with van der Waals surface area (Å²) in [5.74, 6) is -0.405. The summed E-state index contributed by atoms with van der Waals surface area (Å²) in [6.45, 7) is 6.54. The van der Waals surface area contributed by atoms with Crippen LogP contribution in [0.1, 0.15) is 27.7 Å². The van der Waals surface area contributed by atoms with Gasteiger partial charge in [-0.15, -0.1) is 0 Å². The van der Waals surface area contributed by atoms with Gasteiger partial charge in [0, 0.05) is 6.92 Å². The SMILES string of the molecule is CC(=O)OC[C@H]1[C@@H](CO)N1C(=O)OC(C)(C)C. The molecule has 0 unspecified atom stereocenters. The molecule has 1 amide bonds. The largest absolute Gasteiger partial charge is 0.464 e. The molecule has 1 N–H and O–H groups in total. The Morgan fingerprint density at radius 3 is 2.29 bits per heavy atom. The molecule has 0 aromatic carbocycles. The summed E-state index contributed by atoms with van der Waals surface area (Å²) >= 11 is 0. The number of carbonyl (C=O) groups is 2. The van der Waals surface area contributed by atoms with Crippen molar-refractivity contribution >= 4 is 12.1 Å². The van der Waals surface area contributed by atoms with Crippen LogP contribution in [0.3, 0.4) is 0 Å². The van der Waals surface area contributed by atoms with E-state index in [2.05, 4.69) is 0 Å². The summed E-state index contributed by atoms with van der Waals surface area (Å²) in [5.41, 5.74) is -0.578. The number of esters is 1. The van der Waals surface area contributed by atoms with E-state index in [1.54, 1.807) is 20.8 Å². The highest BCUT2D eigenvalue weighted by atomic mass is 16.6. The van der Waals surface area contributed by atoms with Gasteiger partial charge in [0.15, 0.2) is 0 Å². The molecule has 0 saturated carbocycles. The molecular formula is C11H19NO5. The van der Waals surface area contributed by atoms with Crippen molar-refractivity contribution in [1.82, 2.24) is 4.90 Å². The number of rotatable bonds is 3. The van der Waals surface area contributed by atoms with Gasteiger partial charge in [-0.2, -0.15) is 0 Å². The van der Waals surface area contributed by atoms with Gasteiger partial charge < -0.3 is 14.6 Å². The Hall–Kier alpha value is -1.30. The molecule has 0 aromatic rings. The van der Waals surface area contributed by atoms with Crippen molar-refractivity contribution in [3.63, 3.8) is 0 Å². The topological polar surface area (TPSA) is 75.8 Å². The van der Waals surface area contributed by atoms with E-state index in [0.29, 0.717) is 0 Å². The van der Waals surface area contributed by atoms with Crippen LogP contribution in [0, 0.1) is 0 Å². The van der Waals surface area contributed by atoms with Crippen molar-refractivity contribution in [1.29, 1.82) is 0 Å². The Bertz CT molecular complexity index is 309. The van der Waals surface area contributed by atoms with Gasteiger partial charge in [-0.1, -0.05) is 0 Å². The number of aliphatic hydroxyl groups excluding tert-OH is 1. The van der Waals surface area contributed by atoms with Gasteiger partial charge in [-0.3, -0.25) is 9.69 Å². The molecule has 1 rings (SSSR count). The fourth-order valence-electron chi connectivity index (χ4n) is 1.52. The smallest absolute Gasteiger partial charge is 0.411 e. The van der Waals surface area contributed by atoms with E-state index in [4.69, 9.17) is 14.6 Å². The summed E-state index contributed by atoms with van der Waals surface area (Å²) in [6.07, 6.45) is -0.492. The van der Waals surface area contributed by atoms with Crippen molar-refractivity contribution in [2.75, 3.05) is 13.2 Å². The van der Waals surface area contributed by atoms with Crippen LogP contribution in [-0.2, 0) is 14.3 Å². The minimum atomic E-state index is -0.578. The lowest BCUT2D eigenvalue weighted by Gasteiger charge is -2.20. The standard InChI is InChI=1S/C11H19NO5/c1-7(14)16-6-9-8(5-13)12(9)10(15)17-11(2,3)4/h8-9,13H,5-6H2,1-4H3/t8-,9+,12?/m1/s1. The Kier molecular flexibility index (Phi) is 3.98. The number of aliphatic hydroxyl groups is 1. The van der Waals surface area contributed by atoms with E-state index in [1.807, 2.05) is 0 Å². The number of carbonyl (C=O) groups excluding carboxylic acids is 2. The van der Waals surface area contributed by atoms with Crippen molar-refractivity contribution in [3.05, 3.63) is 0 Å². The lowest BCUT2D eigenvalue weighted by Crippen LogP contribution is -2.29. The first-order valence-corrected chi connectivity index (χ1v) is 5.52. The third-order valence-electron chi connectivity index (χ3n) is 2.32. The number of amides is 1. The van der Waals surface area contributed by atoms with Crippen LogP contribution in [0.4, 0.5) is 4.79 Å². The first-order chi connectivity index (χ1) is 7.76. The molecule has 1 saturated heterocycles. The van der Waals surface area contributed by atoms with Gasteiger partial charge >= 0.3 is 12.1 Å². The summed E-state index contributed by atoms with van der Waals surface area (Å²) in [7, 11) is 0. The zero-order chi connectivity index (χ0) is 13.2. The maximum Gasteiger partial charge on any atom is 0.411 e. The normalized spacial score (nSPS) is 23.2. The van der Waals surface area contributed by atoms with Crippen LogP contribution in [-0.4, -0.2) is 53.0 Å². The minimum absolute atomic E-state index is 0.0970. The van der Waals surface area contributed by atoms with Gasteiger partial charge in [-0.25, -0.2) is 4.79 Å². The van der Waals surface area contributed by atoms with Crippen molar-refractivity contribution in [2.24, 2.45) is 0 Å². The number of hydrogen-bond acceptors (Lipinski definition) is 5.